The molecule has 15 heteroatoms. The Morgan fingerprint density at radius 2 is 1.72 bits per heavy atom. The molecule has 2 saturated carbocycles. The van der Waals surface area contributed by atoms with Crippen molar-refractivity contribution in [3.8, 4) is 6.07 Å². The number of nitrogens with one attached hydrogen (secondary N) is 1. The number of carbonyl (C=O) groups is 2. The van der Waals surface area contributed by atoms with Gasteiger partial charge in [-0.2, -0.15) is 31.6 Å². The first kappa shape index (κ1) is 26.7. The van der Waals surface area contributed by atoms with Crippen molar-refractivity contribution in [3.63, 3.8) is 0 Å². The lowest BCUT2D eigenvalue weighted by Gasteiger charge is -2.29. The van der Waals surface area contributed by atoms with Gasteiger partial charge in [0.05, 0.1) is 21.8 Å². The van der Waals surface area contributed by atoms with Crippen LogP contribution in [0.25, 0.3) is 0 Å². The van der Waals surface area contributed by atoms with E-state index in [-0.39, 0.29) is 17.3 Å². The van der Waals surface area contributed by atoms with E-state index >= 15 is 0 Å². The zero-order valence-electron chi connectivity index (χ0n) is 18.2. The number of sulfone groups is 1. The number of likely N-dealkylation sites (tertiary alicyclic amines) is 1. The maximum absolute atomic E-state index is 13.6. The van der Waals surface area contributed by atoms with Gasteiger partial charge in [0.1, 0.15) is 17.0 Å². The quantitative estimate of drug-likeness (QED) is 0.518. The molecule has 0 radical (unpaired) electrons. The highest BCUT2D eigenvalue weighted by atomic mass is 79.9. The molecule has 3 fully saturated rings. The molecule has 36 heavy (non-hydrogen) atoms. The van der Waals surface area contributed by atoms with E-state index < -0.39 is 92.5 Å². The number of nitrogens with zero attached hydrogens (tertiary/aromatic N) is 2. The van der Waals surface area contributed by atoms with Gasteiger partial charge in [0.2, 0.25) is 11.8 Å². The molecular weight excluding hydrogens is 584 g/mol. The summed E-state index contributed by atoms with van der Waals surface area (Å²) in [7, 11) is -4.86. The molecular formula is C21H18BrF6N3O4S. The minimum absolute atomic E-state index is 0.0543. The third kappa shape index (κ3) is 4.46. The fourth-order valence-electron chi connectivity index (χ4n) is 4.37. The predicted molar refractivity (Wildman–Crippen MR) is 114 cm³/mol. The highest BCUT2D eigenvalue weighted by Crippen LogP contribution is 2.59. The number of carbonyl (C=O) groups excluding carboxylic acids is 2. The van der Waals surface area contributed by atoms with Gasteiger partial charge >= 0.3 is 12.4 Å². The van der Waals surface area contributed by atoms with Crippen LogP contribution in [-0.4, -0.2) is 54.7 Å². The fourth-order valence-corrected chi connectivity index (χ4v) is 6.63. The van der Waals surface area contributed by atoms with E-state index in [1.54, 1.807) is 0 Å². The lowest BCUT2D eigenvalue weighted by molar-refractivity contribution is -0.199. The van der Waals surface area contributed by atoms with Gasteiger partial charge in [-0.05, 0) is 50.3 Å². The van der Waals surface area contributed by atoms with E-state index in [9.17, 15) is 49.6 Å². The van der Waals surface area contributed by atoms with Gasteiger partial charge in [0, 0.05) is 11.0 Å². The molecule has 1 N–H and O–H groups in total. The molecule has 1 aromatic carbocycles. The van der Waals surface area contributed by atoms with Gasteiger partial charge in [-0.3, -0.25) is 9.59 Å². The zero-order valence-corrected chi connectivity index (χ0v) is 20.6. The van der Waals surface area contributed by atoms with Crippen LogP contribution >= 0.6 is 15.9 Å². The van der Waals surface area contributed by atoms with E-state index in [4.69, 9.17) is 0 Å². The SMILES string of the molecule is N#CC1(NC(=O)C2CC(S(=O)(=O)c3ccc(Br)cc3C(F)(F)F)CN2C(=O)C2(C(F)(F)F)CC2)CC1. The number of hydrogen-bond acceptors (Lipinski definition) is 5. The van der Waals surface area contributed by atoms with Crippen LogP contribution in [0.1, 0.15) is 37.7 Å². The third-order valence-corrected chi connectivity index (χ3v) is 9.53. The Morgan fingerprint density at radius 1 is 1.11 bits per heavy atom. The lowest BCUT2D eigenvalue weighted by atomic mass is 10.0. The maximum Gasteiger partial charge on any atom is 0.417 e. The number of benzene rings is 1. The first-order valence-corrected chi connectivity index (χ1v) is 13.0. The van der Waals surface area contributed by atoms with E-state index in [0.717, 1.165) is 12.1 Å². The monoisotopic (exact) mass is 601 g/mol. The Balaban J connectivity index is 1.72. The summed E-state index contributed by atoms with van der Waals surface area (Å²) in [5, 5.41) is 9.80. The summed E-state index contributed by atoms with van der Waals surface area (Å²) in [5.41, 5.74) is -5.53. The van der Waals surface area contributed by atoms with Crippen LogP contribution in [0.4, 0.5) is 26.3 Å². The van der Waals surface area contributed by atoms with Gasteiger partial charge in [-0.1, -0.05) is 15.9 Å². The molecule has 2 unspecified atom stereocenters. The Kier molecular flexibility index (Phi) is 6.19. The second kappa shape index (κ2) is 8.34. The summed E-state index contributed by atoms with van der Waals surface area (Å²) in [6.45, 7) is -0.899. The normalized spacial score (nSPS) is 24.7. The summed E-state index contributed by atoms with van der Waals surface area (Å²) < 4.78 is 108. The molecule has 1 heterocycles. The Morgan fingerprint density at radius 3 is 2.19 bits per heavy atom. The Labute approximate surface area is 209 Å². The molecule has 196 valence electrons. The summed E-state index contributed by atoms with van der Waals surface area (Å²) in [6, 6.07) is 2.49. The number of halogens is 7. The molecule has 7 nitrogen and oxygen atoms in total. The molecule has 2 atom stereocenters. The van der Waals surface area contributed by atoms with Crippen LogP contribution in [0.5, 0.6) is 0 Å². The standard InChI is InChI=1S/C21H18BrF6N3O4S/c22-11-1-2-15(13(7-11)20(23,24)25)36(34,35)12-8-14(16(32)30-18(10-29)3-4-18)31(9-12)17(33)19(5-6-19)21(26,27)28/h1-2,7,12,14H,3-6,8-9H2,(H,30,32). The number of rotatable bonds is 5. The summed E-state index contributed by atoms with van der Waals surface area (Å²) in [4.78, 5) is 25.3. The molecule has 3 aliphatic rings. The first-order chi connectivity index (χ1) is 16.5. The van der Waals surface area contributed by atoms with Crippen LogP contribution < -0.4 is 5.32 Å². The van der Waals surface area contributed by atoms with Gasteiger partial charge in [-0.15, -0.1) is 0 Å². The van der Waals surface area contributed by atoms with Gasteiger partial charge < -0.3 is 10.2 Å². The molecule has 0 bridgehead atoms. The Hall–Kier alpha value is -2.34. The van der Waals surface area contributed by atoms with Crippen molar-refractivity contribution >= 4 is 37.6 Å². The number of alkyl halides is 6. The first-order valence-electron chi connectivity index (χ1n) is 10.7. The second-order valence-electron chi connectivity index (χ2n) is 9.28. The number of hydrogen-bond donors (Lipinski definition) is 1. The minimum atomic E-state index is -5.07. The van der Waals surface area contributed by atoms with E-state index in [1.807, 2.05) is 6.07 Å². The van der Waals surface area contributed by atoms with Crippen LogP contribution in [-0.2, 0) is 25.6 Å². The molecule has 1 aliphatic heterocycles. The zero-order chi connectivity index (χ0) is 26.9. The van der Waals surface area contributed by atoms with Crippen molar-refractivity contribution in [1.82, 2.24) is 10.2 Å². The van der Waals surface area contributed by atoms with Crippen LogP contribution in [0.15, 0.2) is 27.6 Å². The van der Waals surface area contributed by atoms with Crippen molar-refractivity contribution in [3.05, 3.63) is 28.2 Å². The maximum atomic E-state index is 13.6. The summed E-state index contributed by atoms with van der Waals surface area (Å²) in [6.07, 6.45) is -11.3. The molecule has 1 aromatic rings. The highest BCUT2D eigenvalue weighted by molar-refractivity contribution is 9.10. The average Bonchev–Trinajstić information content (AvgIpc) is 3.68. The second-order valence-corrected chi connectivity index (χ2v) is 12.4. The lowest BCUT2D eigenvalue weighted by Crippen LogP contribution is -2.53. The molecule has 4 rings (SSSR count). The van der Waals surface area contributed by atoms with Crippen molar-refractivity contribution in [2.24, 2.45) is 5.41 Å². The van der Waals surface area contributed by atoms with Crippen molar-refractivity contribution in [2.45, 2.75) is 66.2 Å². The predicted octanol–water partition coefficient (Wildman–Crippen LogP) is 3.73. The summed E-state index contributed by atoms with van der Waals surface area (Å²) >= 11 is 2.85. The third-order valence-electron chi connectivity index (χ3n) is 6.85. The van der Waals surface area contributed by atoms with E-state index in [0.29, 0.717) is 11.0 Å². The van der Waals surface area contributed by atoms with Crippen molar-refractivity contribution < 1.29 is 44.3 Å². The van der Waals surface area contributed by atoms with Crippen LogP contribution in [0.3, 0.4) is 0 Å². The number of amides is 2. The average molecular weight is 602 g/mol. The van der Waals surface area contributed by atoms with Crippen molar-refractivity contribution in [2.75, 3.05) is 6.54 Å². The summed E-state index contributed by atoms with van der Waals surface area (Å²) in [5.74, 6) is -2.52. The van der Waals surface area contributed by atoms with E-state index in [2.05, 4.69) is 21.2 Å². The largest absolute Gasteiger partial charge is 0.417 e. The fraction of sp³-hybridized carbons (Fsp3) is 0.571. The molecule has 0 aromatic heterocycles. The van der Waals surface area contributed by atoms with Crippen molar-refractivity contribution in [1.29, 1.82) is 5.26 Å². The number of nitriles is 1. The van der Waals surface area contributed by atoms with Gasteiger partial charge in [0.25, 0.3) is 0 Å². The van der Waals surface area contributed by atoms with Crippen LogP contribution in [0, 0.1) is 16.7 Å². The Bertz CT molecular complexity index is 1270. The van der Waals surface area contributed by atoms with Gasteiger partial charge in [0.15, 0.2) is 9.84 Å². The minimum Gasteiger partial charge on any atom is -0.336 e. The van der Waals surface area contributed by atoms with Crippen LogP contribution in [0.2, 0.25) is 0 Å². The molecule has 0 spiro atoms. The van der Waals surface area contributed by atoms with Gasteiger partial charge in [-0.25, -0.2) is 8.42 Å². The molecule has 2 amide bonds. The molecule has 1 saturated heterocycles. The highest BCUT2D eigenvalue weighted by Gasteiger charge is 2.70. The topological polar surface area (TPSA) is 107 Å². The smallest absolute Gasteiger partial charge is 0.336 e. The van der Waals surface area contributed by atoms with E-state index in [1.165, 1.54) is 0 Å². The molecule has 2 aliphatic carbocycles.